The van der Waals surface area contributed by atoms with E-state index >= 15 is 0 Å². The molecule has 0 radical (unpaired) electrons. The first-order valence-electron chi connectivity index (χ1n) is 10.9. The number of carbonyl (C=O) groups is 1. The molecule has 2 heteroatoms. The van der Waals surface area contributed by atoms with Gasteiger partial charge >= 0.3 is 0 Å². The first kappa shape index (κ1) is 19.9. The largest absolute Gasteiger partial charge is 0.300 e. The van der Waals surface area contributed by atoms with Crippen LogP contribution in [-0.2, 0) is 4.79 Å². The Hall–Kier alpha value is -3.02. The van der Waals surface area contributed by atoms with Gasteiger partial charge in [-0.15, -0.1) is 0 Å². The molecule has 2 unspecified atom stereocenters. The van der Waals surface area contributed by atoms with Crippen molar-refractivity contribution in [1.29, 1.82) is 0 Å². The van der Waals surface area contributed by atoms with Crippen molar-refractivity contribution in [2.75, 3.05) is 6.16 Å². The first-order valence-corrected chi connectivity index (χ1v) is 12.5. The van der Waals surface area contributed by atoms with Crippen molar-refractivity contribution in [3.63, 3.8) is 0 Å². The second-order valence-corrected chi connectivity index (χ2v) is 10.5. The van der Waals surface area contributed by atoms with Gasteiger partial charge in [-0.05, 0) is 39.3 Å². The Balaban J connectivity index is 1.73. The van der Waals surface area contributed by atoms with Crippen LogP contribution in [0.15, 0.2) is 109 Å². The number of hydrogen-bond donors (Lipinski definition) is 0. The molecule has 2 atom stereocenters. The van der Waals surface area contributed by atoms with Crippen LogP contribution in [0.1, 0.15) is 24.1 Å². The predicted octanol–water partition coefficient (Wildman–Crippen LogP) is 7.23. The minimum atomic E-state index is -0.543. The van der Waals surface area contributed by atoms with Gasteiger partial charge in [-0.3, -0.25) is 4.79 Å². The molecule has 0 aromatic heterocycles. The van der Waals surface area contributed by atoms with Crippen LogP contribution in [0.25, 0.3) is 22.3 Å². The van der Waals surface area contributed by atoms with Gasteiger partial charge in [-0.25, -0.2) is 0 Å². The molecule has 0 bridgehead atoms. The summed E-state index contributed by atoms with van der Waals surface area (Å²) >= 11 is 0. The smallest absolute Gasteiger partial charge is 0.134 e. The van der Waals surface area contributed by atoms with E-state index in [4.69, 9.17) is 0 Å². The topological polar surface area (TPSA) is 17.1 Å². The highest BCUT2D eigenvalue weighted by molar-refractivity contribution is 7.66. The molecule has 1 heterocycles. The monoisotopic (exact) mass is 420 g/mol. The Morgan fingerprint density at radius 3 is 1.68 bits per heavy atom. The molecular weight excluding hydrogens is 395 g/mol. The Morgan fingerprint density at radius 1 is 0.613 bits per heavy atom. The molecular formula is C29H25OP. The van der Waals surface area contributed by atoms with Crippen molar-refractivity contribution in [3.05, 3.63) is 115 Å². The molecule has 31 heavy (non-hydrogen) atoms. The highest BCUT2D eigenvalue weighted by atomic mass is 31.1. The molecule has 4 aromatic carbocycles. The molecule has 0 N–H and O–H groups in total. The normalized spacial score (nSPS) is 18.6. The van der Waals surface area contributed by atoms with Gasteiger partial charge in [0.05, 0.1) is 0 Å². The van der Waals surface area contributed by atoms with E-state index in [2.05, 4.69) is 109 Å². The van der Waals surface area contributed by atoms with Crippen LogP contribution in [0.4, 0.5) is 0 Å². The Bertz CT molecular complexity index is 1110. The maximum atomic E-state index is 12.5. The van der Waals surface area contributed by atoms with Gasteiger partial charge in [0, 0.05) is 18.5 Å². The number of hydrogen-bond acceptors (Lipinski definition) is 1. The Kier molecular flexibility index (Phi) is 5.78. The van der Waals surface area contributed by atoms with Crippen LogP contribution in [0.2, 0.25) is 0 Å². The van der Waals surface area contributed by atoms with Gasteiger partial charge in [0.25, 0.3) is 0 Å². The van der Waals surface area contributed by atoms with Crippen molar-refractivity contribution >= 4 is 19.0 Å². The van der Waals surface area contributed by atoms with E-state index in [1.165, 1.54) is 33.1 Å². The quantitative estimate of drug-likeness (QED) is 0.318. The number of ketones is 1. The lowest BCUT2D eigenvalue weighted by Crippen LogP contribution is -2.23. The minimum absolute atomic E-state index is 0.268. The SMILES string of the molecule is O=C1CCP(c2c(-c3ccccc3)cccc2-c2ccccc2)C(c2ccccc2)C1. The molecule has 0 saturated carbocycles. The van der Waals surface area contributed by atoms with Crippen molar-refractivity contribution in [2.24, 2.45) is 0 Å². The Morgan fingerprint density at radius 2 is 1.13 bits per heavy atom. The zero-order chi connectivity index (χ0) is 21.0. The van der Waals surface area contributed by atoms with Gasteiger partial charge in [0.1, 0.15) is 5.78 Å². The molecule has 1 fully saturated rings. The standard InChI is InChI=1S/C29H25OP/c30-25-19-20-31(28(21-25)24-15-8-3-9-16-24)29-26(22-11-4-1-5-12-22)17-10-18-27(29)23-13-6-2-7-14-23/h1-18,28H,19-21H2. The summed E-state index contributed by atoms with van der Waals surface area (Å²) in [7, 11) is -0.543. The summed E-state index contributed by atoms with van der Waals surface area (Å²) in [5, 5.41) is 1.44. The van der Waals surface area contributed by atoms with Crippen LogP contribution in [0.3, 0.4) is 0 Å². The summed E-state index contributed by atoms with van der Waals surface area (Å²) in [6.07, 6.45) is 2.29. The van der Waals surface area contributed by atoms with Crippen molar-refractivity contribution in [3.8, 4) is 22.3 Å². The van der Waals surface area contributed by atoms with Gasteiger partial charge < -0.3 is 0 Å². The second kappa shape index (κ2) is 9.00. The van der Waals surface area contributed by atoms with Crippen molar-refractivity contribution in [2.45, 2.75) is 18.5 Å². The molecule has 0 amide bonds. The van der Waals surface area contributed by atoms with E-state index in [0.29, 0.717) is 18.6 Å². The molecule has 4 aromatic rings. The molecule has 1 nitrogen and oxygen atoms in total. The number of rotatable bonds is 4. The van der Waals surface area contributed by atoms with Crippen LogP contribution in [0.5, 0.6) is 0 Å². The molecule has 1 saturated heterocycles. The predicted molar refractivity (Wildman–Crippen MR) is 132 cm³/mol. The lowest BCUT2D eigenvalue weighted by Gasteiger charge is -2.35. The van der Waals surface area contributed by atoms with E-state index in [0.717, 1.165) is 6.16 Å². The summed E-state index contributed by atoms with van der Waals surface area (Å²) in [4.78, 5) is 12.5. The fraction of sp³-hybridized carbons (Fsp3) is 0.138. The number of carbonyl (C=O) groups excluding carboxylic acids is 1. The fourth-order valence-corrected chi connectivity index (χ4v) is 7.94. The summed E-state index contributed by atoms with van der Waals surface area (Å²) in [6.45, 7) is 0. The number of benzene rings is 4. The van der Waals surface area contributed by atoms with E-state index in [1.54, 1.807) is 0 Å². The third-order valence-electron chi connectivity index (χ3n) is 6.11. The van der Waals surface area contributed by atoms with Crippen molar-refractivity contribution in [1.82, 2.24) is 0 Å². The zero-order valence-electron chi connectivity index (χ0n) is 17.4. The van der Waals surface area contributed by atoms with E-state index in [-0.39, 0.29) is 5.66 Å². The minimum Gasteiger partial charge on any atom is -0.300 e. The summed E-state index contributed by atoms with van der Waals surface area (Å²) < 4.78 is 0. The molecule has 1 aliphatic heterocycles. The third-order valence-corrected chi connectivity index (χ3v) is 9.10. The van der Waals surface area contributed by atoms with Crippen LogP contribution in [0, 0.1) is 0 Å². The van der Waals surface area contributed by atoms with Gasteiger partial charge in [-0.2, -0.15) is 0 Å². The lowest BCUT2D eigenvalue weighted by atomic mass is 9.99. The maximum Gasteiger partial charge on any atom is 0.134 e. The van der Waals surface area contributed by atoms with Crippen molar-refractivity contribution < 1.29 is 4.79 Å². The third kappa shape index (κ3) is 4.11. The lowest BCUT2D eigenvalue weighted by molar-refractivity contribution is -0.118. The van der Waals surface area contributed by atoms with E-state index in [9.17, 15) is 4.79 Å². The molecule has 1 aliphatic rings. The van der Waals surface area contributed by atoms with Gasteiger partial charge in [-0.1, -0.05) is 117 Å². The summed E-state index contributed by atoms with van der Waals surface area (Å²) in [5.41, 5.74) is 6.68. The Labute approximate surface area is 185 Å². The number of Topliss-reactive ketones (excluding diaryl/α,β-unsaturated/α-hetero) is 1. The van der Waals surface area contributed by atoms with Crippen LogP contribution >= 0.6 is 7.92 Å². The summed E-state index contributed by atoms with van der Waals surface area (Å²) in [6, 6.07) is 38.8. The zero-order valence-corrected chi connectivity index (χ0v) is 18.3. The van der Waals surface area contributed by atoms with Gasteiger partial charge in [0.2, 0.25) is 0 Å². The maximum absolute atomic E-state index is 12.5. The average Bonchev–Trinajstić information content (AvgIpc) is 2.85. The molecule has 152 valence electrons. The molecule has 0 spiro atoms. The highest BCUT2D eigenvalue weighted by Crippen LogP contribution is 2.58. The highest BCUT2D eigenvalue weighted by Gasteiger charge is 2.34. The van der Waals surface area contributed by atoms with E-state index < -0.39 is 7.92 Å². The average molecular weight is 420 g/mol. The van der Waals surface area contributed by atoms with Crippen LogP contribution in [-0.4, -0.2) is 11.9 Å². The fourth-order valence-electron chi connectivity index (χ4n) is 4.62. The molecule has 5 rings (SSSR count). The molecule has 0 aliphatic carbocycles. The van der Waals surface area contributed by atoms with Gasteiger partial charge in [0.15, 0.2) is 0 Å². The second-order valence-electron chi connectivity index (χ2n) is 8.05. The van der Waals surface area contributed by atoms with Crippen LogP contribution < -0.4 is 5.30 Å². The first-order chi connectivity index (χ1) is 15.3. The van der Waals surface area contributed by atoms with E-state index in [1.807, 2.05) is 0 Å². The summed E-state index contributed by atoms with van der Waals surface area (Å²) in [5.74, 6) is 0.394.